The lowest BCUT2D eigenvalue weighted by Crippen LogP contribution is -2.32. The van der Waals surface area contributed by atoms with E-state index < -0.39 is 12.0 Å². The van der Waals surface area contributed by atoms with Gasteiger partial charge < -0.3 is 15.8 Å². The first kappa shape index (κ1) is 13.2. The second kappa shape index (κ2) is 5.45. The molecule has 0 radical (unpaired) electrons. The van der Waals surface area contributed by atoms with Crippen molar-refractivity contribution < 1.29 is 14.3 Å². The van der Waals surface area contributed by atoms with E-state index in [0.717, 1.165) is 5.56 Å². The summed E-state index contributed by atoms with van der Waals surface area (Å²) in [5.74, 6) is -0.669. The van der Waals surface area contributed by atoms with Crippen molar-refractivity contribution in [2.24, 2.45) is 5.73 Å². The molecule has 3 N–H and O–H groups in total. The number of carbonyl (C=O) groups is 2. The number of carbonyl (C=O) groups excluding carboxylic acids is 2. The number of ether oxygens (including phenoxy) is 1. The first-order valence-electron chi connectivity index (χ1n) is 5.21. The normalized spacial score (nSPS) is 11.8. The van der Waals surface area contributed by atoms with Crippen LogP contribution in [0.25, 0.3) is 0 Å². The standard InChI is InChI=1S/C12H16N2O3/c1-7-6-9(12(16)17-3)4-5-10(7)14-11(15)8(2)13/h4-6,8H,13H2,1-3H3,(H,14,15)/t8-/m0/s1. The third kappa shape index (κ3) is 3.29. The predicted molar refractivity (Wildman–Crippen MR) is 64.8 cm³/mol. The monoisotopic (exact) mass is 236 g/mol. The van der Waals surface area contributed by atoms with E-state index in [0.29, 0.717) is 11.3 Å². The molecular formula is C12H16N2O3. The number of nitrogens with two attached hydrogens (primary N) is 1. The number of nitrogens with one attached hydrogen (secondary N) is 1. The van der Waals surface area contributed by atoms with Crippen molar-refractivity contribution in [1.82, 2.24) is 0 Å². The van der Waals surface area contributed by atoms with Crippen LogP contribution in [0.5, 0.6) is 0 Å². The molecule has 1 amide bonds. The van der Waals surface area contributed by atoms with Crippen LogP contribution in [0.1, 0.15) is 22.8 Å². The lowest BCUT2D eigenvalue weighted by molar-refractivity contribution is -0.117. The Hall–Kier alpha value is -1.88. The van der Waals surface area contributed by atoms with Crippen molar-refractivity contribution in [3.05, 3.63) is 29.3 Å². The first-order chi connectivity index (χ1) is 7.95. The summed E-state index contributed by atoms with van der Waals surface area (Å²) in [5, 5.41) is 2.68. The summed E-state index contributed by atoms with van der Waals surface area (Å²) in [5.41, 5.74) is 7.31. The van der Waals surface area contributed by atoms with Crippen molar-refractivity contribution in [3.8, 4) is 0 Å². The number of amides is 1. The third-order valence-electron chi connectivity index (χ3n) is 2.32. The molecule has 1 aromatic rings. The number of hydrogen-bond donors (Lipinski definition) is 2. The Bertz CT molecular complexity index is 441. The highest BCUT2D eigenvalue weighted by Gasteiger charge is 2.11. The van der Waals surface area contributed by atoms with Crippen molar-refractivity contribution >= 4 is 17.6 Å². The number of benzene rings is 1. The number of aryl methyl sites for hydroxylation is 1. The molecule has 0 heterocycles. The molecule has 0 unspecified atom stereocenters. The van der Waals surface area contributed by atoms with Gasteiger partial charge in [0, 0.05) is 5.69 Å². The lowest BCUT2D eigenvalue weighted by Gasteiger charge is -2.11. The van der Waals surface area contributed by atoms with Gasteiger partial charge in [-0.2, -0.15) is 0 Å². The van der Waals surface area contributed by atoms with Crippen LogP contribution >= 0.6 is 0 Å². The fourth-order valence-corrected chi connectivity index (χ4v) is 1.30. The zero-order valence-electron chi connectivity index (χ0n) is 10.1. The molecule has 1 atom stereocenters. The molecule has 0 spiro atoms. The highest BCUT2D eigenvalue weighted by Crippen LogP contribution is 2.17. The van der Waals surface area contributed by atoms with Crippen LogP contribution < -0.4 is 11.1 Å². The van der Waals surface area contributed by atoms with Gasteiger partial charge in [-0.05, 0) is 37.6 Å². The molecule has 92 valence electrons. The van der Waals surface area contributed by atoms with Gasteiger partial charge in [0.1, 0.15) is 0 Å². The molecule has 0 saturated carbocycles. The molecule has 0 bridgehead atoms. The van der Waals surface area contributed by atoms with Crippen LogP contribution in [0.15, 0.2) is 18.2 Å². The highest BCUT2D eigenvalue weighted by atomic mass is 16.5. The molecule has 17 heavy (non-hydrogen) atoms. The Morgan fingerprint density at radius 1 is 1.41 bits per heavy atom. The quantitative estimate of drug-likeness (QED) is 0.769. The molecule has 0 aromatic heterocycles. The van der Waals surface area contributed by atoms with Crippen molar-refractivity contribution in [2.45, 2.75) is 19.9 Å². The minimum atomic E-state index is -0.574. The van der Waals surface area contributed by atoms with E-state index in [2.05, 4.69) is 10.1 Å². The second-order valence-electron chi connectivity index (χ2n) is 3.80. The van der Waals surface area contributed by atoms with Crippen LogP contribution in [0.2, 0.25) is 0 Å². The summed E-state index contributed by atoms with van der Waals surface area (Å²) < 4.78 is 4.60. The van der Waals surface area contributed by atoms with Crippen LogP contribution in [-0.2, 0) is 9.53 Å². The maximum absolute atomic E-state index is 11.4. The molecule has 1 aromatic carbocycles. The van der Waals surface area contributed by atoms with Gasteiger partial charge in [-0.25, -0.2) is 4.79 Å². The van der Waals surface area contributed by atoms with Crippen LogP contribution in [0, 0.1) is 6.92 Å². The van der Waals surface area contributed by atoms with E-state index in [1.54, 1.807) is 32.0 Å². The van der Waals surface area contributed by atoms with E-state index >= 15 is 0 Å². The molecule has 0 aliphatic heterocycles. The van der Waals surface area contributed by atoms with Gasteiger partial charge in [-0.3, -0.25) is 4.79 Å². The summed E-state index contributed by atoms with van der Waals surface area (Å²) >= 11 is 0. The first-order valence-corrected chi connectivity index (χ1v) is 5.21. The van der Waals surface area contributed by atoms with Gasteiger partial charge in [0.15, 0.2) is 0 Å². The van der Waals surface area contributed by atoms with E-state index in [4.69, 9.17) is 5.73 Å². The van der Waals surface area contributed by atoms with Gasteiger partial charge in [0.2, 0.25) is 5.91 Å². The van der Waals surface area contributed by atoms with E-state index in [1.807, 2.05) is 0 Å². The Balaban J connectivity index is 2.90. The summed E-state index contributed by atoms with van der Waals surface area (Å²) in [6.07, 6.45) is 0. The number of rotatable bonds is 3. The van der Waals surface area contributed by atoms with Crippen LogP contribution in [0.4, 0.5) is 5.69 Å². The van der Waals surface area contributed by atoms with Crippen LogP contribution in [0.3, 0.4) is 0 Å². The molecule has 0 aliphatic rings. The highest BCUT2D eigenvalue weighted by molar-refractivity contribution is 5.96. The maximum Gasteiger partial charge on any atom is 0.337 e. The lowest BCUT2D eigenvalue weighted by atomic mass is 10.1. The fourth-order valence-electron chi connectivity index (χ4n) is 1.30. The topological polar surface area (TPSA) is 81.4 Å². The third-order valence-corrected chi connectivity index (χ3v) is 2.32. The molecule has 1 rings (SSSR count). The largest absolute Gasteiger partial charge is 0.465 e. The Morgan fingerprint density at radius 2 is 2.06 bits per heavy atom. The Kier molecular flexibility index (Phi) is 4.23. The molecule has 0 saturated heterocycles. The minimum Gasteiger partial charge on any atom is -0.465 e. The average Bonchev–Trinajstić information content (AvgIpc) is 2.30. The second-order valence-corrected chi connectivity index (χ2v) is 3.80. The van der Waals surface area contributed by atoms with Crippen LogP contribution in [-0.4, -0.2) is 25.0 Å². The molecule has 5 nitrogen and oxygen atoms in total. The van der Waals surface area contributed by atoms with Crippen molar-refractivity contribution in [2.75, 3.05) is 12.4 Å². The van der Waals surface area contributed by atoms with Crippen molar-refractivity contribution in [1.29, 1.82) is 0 Å². The van der Waals surface area contributed by atoms with E-state index in [1.165, 1.54) is 7.11 Å². The maximum atomic E-state index is 11.4. The van der Waals surface area contributed by atoms with Crippen molar-refractivity contribution in [3.63, 3.8) is 0 Å². The van der Waals surface area contributed by atoms with E-state index in [-0.39, 0.29) is 5.91 Å². The molecule has 5 heteroatoms. The fraction of sp³-hybridized carbons (Fsp3) is 0.333. The predicted octanol–water partition coefficient (Wildman–Crippen LogP) is 1.07. The Morgan fingerprint density at radius 3 is 2.53 bits per heavy atom. The van der Waals surface area contributed by atoms with Gasteiger partial charge in [0.05, 0.1) is 18.7 Å². The zero-order valence-corrected chi connectivity index (χ0v) is 10.1. The minimum absolute atomic E-state index is 0.265. The van der Waals surface area contributed by atoms with Gasteiger partial charge in [0.25, 0.3) is 0 Å². The number of anilines is 1. The van der Waals surface area contributed by atoms with Gasteiger partial charge in [-0.1, -0.05) is 0 Å². The van der Waals surface area contributed by atoms with E-state index in [9.17, 15) is 9.59 Å². The summed E-state index contributed by atoms with van der Waals surface area (Å²) in [6, 6.07) is 4.33. The summed E-state index contributed by atoms with van der Waals surface area (Å²) in [4.78, 5) is 22.7. The molecule has 0 aliphatic carbocycles. The zero-order chi connectivity index (χ0) is 13.0. The number of methoxy groups -OCH3 is 1. The smallest absolute Gasteiger partial charge is 0.337 e. The number of esters is 1. The SMILES string of the molecule is COC(=O)c1ccc(NC(=O)[C@H](C)N)c(C)c1. The number of hydrogen-bond acceptors (Lipinski definition) is 4. The van der Waals surface area contributed by atoms with Gasteiger partial charge in [-0.15, -0.1) is 0 Å². The summed E-state index contributed by atoms with van der Waals surface area (Å²) in [6.45, 7) is 3.40. The van der Waals surface area contributed by atoms with Gasteiger partial charge >= 0.3 is 5.97 Å². The molecule has 0 fully saturated rings. The summed E-state index contributed by atoms with van der Waals surface area (Å²) in [7, 11) is 1.32. The molecular weight excluding hydrogens is 220 g/mol. The Labute approximate surface area is 99.9 Å². The average molecular weight is 236 g/mol.